The molecule has 14 heavy (non-hydrogen) atoms. The quantitative estimate of drug-likeness (QED) is 0.548. The first-order chi connectivity index (χ1) is 6.81. The van der Waals surface area contributed by atoms with E-state index in [9.17, 15) is 0 Å². The summed E-state index contributed by atoms with van der Waals surface area (Å²) in [6.45, 7) is 1.93. The molecule has 1 aliphatic rings. The lowest BCUT2D eigenvalue weighted by Crippen LogP contribution is -2.18. The minimum absolute atomic E-state index is 0.0614. The third-order valence-corrected chi connectivity index (χ3v) is 2.45. The molecule has 2 nitrogen and oxygen atoms in total. The predicted molar refractivity (Wildman–Crippen MR) is 56.6 cm³/mol. The van der Waals surface area contributed by atoms with Crippen molar-refractivity contribution in [2.75, 3.05) is 6.00 Å². The Hall–Kier alpha value is -1.15. The van der Waals surface area contributed by atoms with Gasteiger partial charge in [0.15, 0.2) is 6.23 Å². The summed E-state index contributed by atoms with van der Waals surface area (Å²) in [5.74, 6) is 0.902. The van der Waals surface area contributed by atoms with Crippen LogP contribution in [0.5, 0.6) is 0 Å². The van der Waals surface area contributed by atoms with Crippen LogP contribution in [0, 0.1) is 0 Å². The summed E-state index contributed by atoms with van der Waals surface area (Å²) >= 11 is 5.82. The number of nitrogens with zero attached hydrogens (tertiary/aromatic N) is 1. The molecule has 0 aromatic heterocycles. The van der Waals surface area contributed by atoms with E-state index in [4.69, 9.17) is 16.3 Å². The van der Waals surface area contributed by atoms with Crippen LogP contribution >= 0.6 is 11.6 Å². The smallest absolute Gasteiger partial charge is 0.199 e. The Morgan fingerprint density at radius 2 is 2.07 bits per heavy atom. The van der Waals surface area contributed by atoms with Crippen LogP contribution in [0.4, 0.5) is 0 Å². The van der Waals surface area contributed by atoms with E-state index in [0.29, 0.717) is 6.00 Å². The molecule has 1 atom stereocenters. The van der Waals surface area contributed by atoms with Crippen molar-refractivity contribution in [3.05, 3.63) is 47.9 Å². The predicted octanol–water partition coefficient (Wildman–Crippen LogP) is 3.08. The number of rotatable bonds is 2. The van der Waals surface area contributed by atoms with Crippen LogP contribution in [0.25, 0.3) is 0 Å². The van der Waals surface area contributed by atoms with Gasteiger partial charge < -0.3 is 9.64 Å². The maximum Gasteiger partial charge on any atom is 0.199 e. The lowest BCUT2D eigenvalue weighted by Gasteiger charge is -2.21. The van der Waals surface area contributed by atoms with E-state index < -0.39 is 0 Å². The lowest BCUT2D eigenvalue weighted by atomic mass is 10.2. The van der Waals surface area contributed by atoms with Gasteiger partial charge in [-0.25, -0.2) is 0 Å². The van der Waals surface area contributed by atoms with Gasteiger partial charge in [0.1, 0.15) is 5.76 Å². The molecule has 0 radical (unpaired) electrons. The Morgan fingerprint density at radius 1 is 1.36 bits per heavy atom. The summed E-state index contributed by atoms with van der Waals surface area (Å²) < 4.78 is 5.65. The van der Waals surface area contributed by atoms with Gasteiger partial charge in [0, 0.05) is 11.8 Å². The van der Waals surface area contributed by atoms with Crippen molar-refractivity contribution in [3.8, 4) is 0 Å². The highest BCUT2D eigenvalue weighted by atomic mass is 35.5. The second-order valence-electron chi connectivity index (χ2n) is 3.25. The van der Waals surface area contributed by atoms with Crippen LogP contribution in [0.1, 0.15) is 18.7 Å². The maximum atomic E-state index is 5.82. The standard InChI is InChI=1S/C11H12ClNO/c1-9-7-13(8-12)11(14-9)10-5-3-2-4-6-10/h2-7,11H,8H2,1H3. The number of alkyl halides is 1. The summed E-state index contributed by atoms with van der Waals surface area (Å²) in [6.07, 6.45) is 1.87. The molecule has 1 aromatic rings. The fourth-order valence-corrected chi connectivity index (χ4v) is 1.74. The van der Waals surface area contributed by atoms with Crippen molar-refractivity contribution < 1.29 is 4.74 Å². The van der Waals surface area contributed by atoms with Gasteiger partial charge in [0.2, 0.25) is 0 Å². The van der Waals surface area contributed by atoms with Gasteiger partial charge in [0.05, 0.1) is 6.00 Å². The third-order valence-electron chi connectivity index (χ3n) is 2.17. The van der Waals surface area contributed by atoms with Gasteiger partial charge in [-0.05, 0) is 6.92 Å². The number of hydrogen-bond donors (Lipinski definition) is 0. The topological polar surface area (TPSA) is 12.5 Å². The molecule has 1 unspecified atom stereocenters. The summed E-state index contributed by atoms with van der Waals surface area (Å²) in [4.78, 5) is 1.96. The average Bonchev–Trinajstić information content (AvgIpc) is 2.61. The number of ether oxygens (including phenoxy) is 1. The Morgan fingerprint density at radius 3 is 2.71 bits per heavy atom. The largest absolute Gasteiger partial charge is 0.469 e. The summed E-state index contributed by atoms with van der Waals surface area (Å²) in [5, 5.41) is 0. The van der Waals surface area contributed by atoms with E-state index in [0.717, 1.165) is 11.3 Å². The zero-order valence-electron chi connectivity index (χ0n) is 7.98. The fourth-order valence-electron chi connectivity index (χ4n) is 1.55. The molecule has 1 aromatic carbocycles. The summed E-state index contributed by atoms with van der Waals surface area (Å²) in [5.41, 5.74) is 1.13. The minimum Gasteiger partial charge on any atom is -0.469 e. The van der Waals surface area contributed by atoms with Gasteiger partial charge >= 0.3 is 0 Å². The summed E-state index contributed by atoms with van der Waals surface area (Å²) in [7, 11) is 0. The van der Waals surface area contributed by atoms with Crippen molar-refractivity contribution in [2.45, 2.75) is 13.2 Å². The van der Waals surface area contributed by atoms with Crippen molar-refractivity contribution in [3.63, 3.8) is 0 Å². The van der Waals surface area contributed by atoms with Crippen LogP contribution in [-0.4, -0.2) is 10.9 Å². The molecule has 3 heteroatoms. The SMILES string of the molecule is CC1=CN(CCl)C(c2ccccc2)O1. The monoisotopic (exact) mass is 209 g/mol. The highest BCUT2D eigenvalue weighted by molar-refractivity contribution is 6.17. The van der Waals surface area contributed by atoms with E-state index in [-0.39, 0.29) is 6.23 Å². The van der Waals surface area contributed by atoms with Crippen molar-refractivity contribution in [2.24, 2.45) is 0 Å². The third kappa shape index (κ3) is 1.70. The molecule has 0 fully saturated rings. The molecule has 0 bridgehead atoms. The molecule has 0 aliphatic carbocycles. The molecule has 0 saturated heterocycles. The first-order valence-electron chi connectivity index (χ1n) is 4.53. The first-order valence-corrected chi connectivity index (χ1v) is 5.06. The summed E-state index contributed by atoms with van der Waals surface area (Å²) in [6, 6.07) is 10.5. The zero-order chi connectivity index (χ0) is 9.97. The van der Waals surface area contributed by atoms with Crippen LogP contribution in [0.3, 0.4) is 0 Å². The van der Waals surface area contributed by atoms with Crippen molar-refractivity contribution in [1.29, 1.82) is 0 Å². The molecular formula is C11H12ClNO. The van der Waals surface area contributed by atoms with Gasteiger partial charge in [-0.2, -0.15) is 0 Å². The molecule has 0 amide bonds. The van der Waals surface area contributed by atoms with Crippen molar-refractivity contribution >= 4 is 11.6 Å². The minimum atomic E-state index is -0.0614. The molecule has 0 spiro atoms. The average molecular weight is 210 g/mol. The van der Waals surface area contributed by atoms with E-state index in [2.05, 4.69) is 0 Å². The second-order valence-corrected chi connectivity index (χ2v) is 3.49. The van der Waals surface area contributed by atoms with Gasteiger partial charge in [-0.3, -0.25) is 0 Å². The van der Waals surface area contributed by atoms with E-state index in [1.807, 2.05) is 48.4 Å². The number of hydrogen-bond acceptors (Lipinski definition) is 2. The van der Waals surface area contributed by atoms with E-state index in [1.54, 1.807) is 0 Å². The molecule has 0 saturated carbocycles. The second kappa shape index (κ2) is 3.93. The zero-order valence-corrected chi connectivity index (χ0v) is 8.74. The van der Waals surface area contributed by atoms with Crippen LogP contribution in [0.15, 0.2) is 42.3 Å². The normalized spacial score (nSPS) is 20.6. The van der Waals surface area contributed by atoms with Crippen molar-refractivity contribution in [1.82, 2.24) is 4.90 Å². The number of benzene rings is 1. The van der Waals surface area contributed by atoms with Crippen LogP contribution in [-0.2, 0) is 4.74 Å². The maximum absolute atomic E-state index is 5.82. The number of halogens is 1. The molecule has 74 valence electrons. The number of allylic oxidation sites excluding steroid dienone is 1. The molecular weight excluding hydrogens is 198 g/mol. The van der Waals surface area contributed by atoms with E-state index >= 15 is 0 Å². The Bertz CT molecular complexity index is 336. The van der Waals surface area contributed by atoms with Crippen LogP contribution in [0.2, 0.25) is 0 Å². The Kier molecular flexibility index (Phi) is 2.64. The first kappa shape index (κ1) is 9.41. The molecule has 1 aliphatic heterocycles. The van der Waals surface area contributed by atoms with Gasteiger partial charge in [-0.1, -0.05) is 30.3 Å². The van der Waals surface area contributed by atoms with E-state index in [1.165, 1.54) is 0 Å². The van der Waals surface area contributed by atoms with Gasteiger partial charge in [0.25, 0.3) is 0 Å². The van der Waals surface area contributed by atoms with Gasteiger partial charge in [-0.15, -0.1) is 11.6 Å². The molecule has 0 N–H and O–H groups in total. The molecule has 2 rings (SSSR count). The highest BCUT2D eigenvalue weighted by Crippen LogP contribution is 2.31. The highest BCUT2D eigenvalue weighted by Gasteiger charge is 2.24. The lowest BCUT2D eigenvalue weighted by molar-refractivity contribution is 0.0534. The Labute approximate surface area is 88.7 Å². The Balaban J connectivity index is 2.21. The fraction of sp³-hybridized carbons (Fsp3) is 0.273. The molecule has 1 heterocycles. The van der Waals surface area contributed by atoms with Crippen LogP contribution < -0.4 is 0 Å².